The van der Waals surface area contributed by atoms with Gasteiger partial charge in [-0.05, 0) is 20.3 Å². The summed E-state index contributed by atoms with van der Waals surface area (Å²) in [5.74, 6) is -0.0851. The molecule has 0 radical (unpaired) electrons. The Bertz CT molecular complexity index is 300. The molecular formula is C12H22Cl3N2O2+. The van der Waals surface area contributed by atoms with Gasteiger partial charge >= 0.3 is 0 Å². The number of nitrogens with one attached hydrogen (secondary N) is 2. The van der Waals surface area contributed by atoms with E-state index in [-0.39, 0.29) is 18.1 Å². The number of hydrogen-bond acceptors (Lipinski definition) is 2. The standard InChI is InChI=1S/C12H21Cl3N2O2/c1-4-5-10(18)16-11(12(13,14)15)17-6-8(2)19-9(3)7-17/h8-9,11H,4-7H2,1-3H3,(H,16,18)/p+1/t8-,9-,11-/m1/s1. The van der Waals surface area contributed by atoms with Crippen LogP contribution in [0.25, 0.3) is 0 Å². The second-order valence-electron chi connectivity index (χ2n) is 5.12. The Balaban J connectivity index is 2.76. The summed E-state index contributed by atoms with van der Waals surface area (Å²) in [5, 5.41) is 2.84. The summed E-state index contributed by atoms with van der Waals surface area (Å²) in [7, 11) is 0. The minimum absolute atomic E-state index is 0.0803. The van der Waals surface area contributed by atoms with Crippen molar-refractivity contribution in [3.8, 4) is 0 Å². The van der Waals surface area contributed by atoms with Crippen molar-refractivity contribution in [2.45, 2.75) is 55.8 Å². The number of morpholine rings is 1. The number of quaternary nitrogens is 1. The van der Waals surface area contributed by atoms with Crippen molar-refractivity contribution in [1.82, 2.24) is 5.32 Å². The molecule has 19 heavy (non-hydrogen) atoms. The minimum Gasteiger partial charge on any atom is -0.364 e. The van der Waals surface area contributed by atoms with Crippen LogP contribution in [0.1, 0.15) is 33.6 Å². The lowest BCUT2D eigenvalue weighted by Gasteiger charge is -2.39. The van der Waals surface area contributed by atoms with Crippen LogP contribution in [-0.4, -0.2) is 41.2 Å². The molecule has 7 heteroatoms. The summed E-state index contributed by atoms with van der Waals surface area (Å²) >= 11 is 18.1. The Kier molecular flexibility index (Phi) is 6.67. The number of halogens is 3. The Morgan fingerprint density at radius 1 is 1.37 bits per heavy atom. The third-order valence-electron chi connectivity index (χ3n) is 3.08. The maximum atomic E-state index is 11.8. The fraction of sp³-hybridized carbons (Fsp3) is 0.917. The van der Waals surface area contributed by atoms with Crippen LogP contribution in [0, 0.1) is 0 Å². The molecule has 1 aliphatic rings. The largest absolute Gasteiger partial charge is 0.364 e. The molecule has 0 aromatic carbocycles. The lowest BCUT2D eigenvalue weighted by molar-refractivity contribution is -0.941. The van der Waals surface area contributed by atoms with Gasteiger partial charge in [0.2, 0.25) is 12.1 Å². The van der Waals surface area contributed by atoms with E-state index in [0.717, 1.165) is 11.3 Å². The third kappa shape index (κ3) is 5.64. The van der Waals surface area contributed by atoms with Crippen molar-refractivity contribution in [2.24, 2.45) is 0 Å². The van der Waals surface area contributed by atoms with Gasteiger partial charge in [-0.3, -0.25) is 4.79 Å². The van der Waals surface area contributed by atoms with Gasteiger partial charge in [0.15, 0.2) is 0 Å². The van der Waals surface area contributed by atoms with Crippen LogP contribution < -0.4 is 10.2 Å². The zero-order chi connectivity index (χ0) is 14.6. The van der Waals surface area contributed by atoms with Gasteiger partial charge in [-0.15, -0.1) is 0 Å². The van der Waals surface area contributed by atoms with Gasteiger partial charge in [0.25, 0.3) is 3.79 Å². The van der Waals surface area contributed by atoms with Crippen molar-refractivity contribution in [3.05, 3.63) is 0 Å². The number of ether oxygens (including phenoxy) is 1. The molecule has 1 fully saturated rings. The van der Waals surface area contributed by atoms with Crippen LogP contribution in [0.15, 0.2) is 0 Å². The van der Waals surface area contributed by atoms with E-state index < -0.39 is 9.96 Å². The number of alkyl halides is 3. The predicted octanol–water partition coefficient (Wildman–Crippen LogP) is 1.29. The highest BCUT2D eigenvalue weighted by Crippen LogP contribution is 2.28. The van der Waals surface area contributed by atoms with E-state index in [2.05, 4.69) is 5.32 Å². The molecule has 3 atom stereocenters. The highest BCUT2D eigenvalue weighted by atomic mass is 35.6. The van der Waals surface area contributed by atoms with E-state index in [9.17, 15) is 4.79 Å². The van der Waals surface area contributed by atoms with E-state index >= 15 is 0 Å². The second kappa shape index (κ2) is 7.32. The van der Waals surface area contributed by atoms with Crippen LogP contribution in [0.4, 0.5) is 0 Å². The summed E-state index contributed by atoms with van der Waals surface area (Å²) in [4.78, 5) is 12.8. The molecule has 0 spiro atoms. The molecule has 112 valence electrons. The van der Waals surface area contributed by atoms with Crippen LogP contribution in [0.5, 0.6) is 0 Å². The first kappa shape index (κ1) is 17.3. The van der Waals surface area contributed by atoms with Crippen LogP contribution in [0.2, 0.25) is 0 Å². The first-order valence-electron chi connectivity index (χ1n) is 6.60. The lowest BCUT2D eigenvalue weighted by atomic mass is 10.2. The molecule has 1 heterocycles. The van der Waals surface area contributed by atoms with E-state index in [1.807, 2.05) is 20.8 Å². The molecule has 2 N–H and O–H groups in total. The molecule has 1 amide bonds. The fourth-order valence-corrected chi connectivity index (χ4v) is 3.05. The highest BCUT2D eigenvalue weighted by molar-refractivity contribution is 6.68. The van der Waals surface area contributed by atoms with E-state index in [4.69, 9.17) is 39.5 Å². The van der Waals surface area contributed by atoms with E-state index in [1.54, 1.807) is 0 Å². The van der Waals surface area contributed by atoms with E-state index in [0.29, 0.717) is 19.5 Å². The summed E-state index contributed by atoms with van der Waals surface area (Å²) in [5.41, 5.74) is 0. The fourth-order valence-electron chi connectivity index (χ4n) is 2.43. The van der Waals surface area contributed by atoms with Crippen molar-refractivity contribution in [3.63, 3.8) is 0 Å². The monoisotopic (exact) mass is 331 g/mol. The summed E-state index contributed by atoms with van der Waals surface area (Å²) in [6.07, 6.45) is 0.814. The van der Waals surface area contributed by atoms with Gasteiger partial charge in [0.1, 0.15) is 25.3 Å². The molecule has 0 unspecified atom stereocenters. The van der Waals surface area contributed by atoms with Gasteiger partial charge in [-0.1, -0.05) is 41.7 Å². The molecule has 0 bridgehead atoms. The zero-order valence-corrected chi connectivity index (χ0v) is 13.8. The van der Waals surface area contributed by atoms with Crippen molar-refractivity contribution >= 4 is 40.7 Å². The molecule has 0 aromatic heterocycles. The summed E-state index contributed by atoms with van der Waals surface area (Å²) < 4.78 is 4.14. The van der Waals surface area contributed by atoms with Crippen LogP contribution in [0.3, 0.4) is 0 Å². The van der Waals surface area contributed by atoms with Gasteiger partial charge in [-0.25, -0.2) is 0 Å². The molecule has 0 saturated carbocycles. The molecule has 1 rings (SSSR count). The molecule has 0 aromatic rings. The molecule has 1 aliphatic heterocycles. The van der Waals surface area contributed by atoms with Gasteiger partial charge < -0.3 is 15.0 Å². The second-order valence-corrected chi connectivity index (χ2v) is 7.48. The SMILES string of the molecule is CCCC(=O)N[C@H]([NH+]1C[C@@H](C)O[C@H](C)C1)C(Cl)(Cl)Cl. The minimum atomic E-state index is -1.53. The Morgan fingerprint density at radius 2 is 1.89 bits per heavy atom. The number of carbonyl (C=O) groups excluding carboxylic acids is 1. The quantitative estimate of drug-likeness (QED) is 0.762. The molecular weight excluding hydrogens is 311 g/mol. The Labute approximate surface area is 129 Å². The molecule has 4 nitrogen and oxygen atoms in total. The van der Waals surface area contributed by atoms with Crippen LogP contribution >= 0.6 is 34.8 Å². The average Bonchev–Trinajstić information content (AvgIpc) is 2.23. The first-order chi connectivity index (χ1) is 8.74. The third-order valence-corrected chi connectivity index (χ3v) is 3.74. The average molecular weight is 333 g/mol. The lowest BCUT2D eigenvalue weighted by Crippen LogP contribution is -3.22. The summed E-state index contributed by atoms with van der Waals surface area (Å²) in [6.45, 7) is 7.32. The smallest absolute Gasteiger partial charge is 0.262 e. The molecule has 0 aliphatic carbocycles. The van der Waals surface area contributed by atoms with Crippen molar-refractivity contribution in [2.75, 3.05) is 13.1 Å². The number of amides is 1. The van der Waals surface area contributed by atoms with Crippen molar-refractivity contribution < 1.29 is 14.4 Å². The van der Waals surface area contributed by atoms with Crippen LogP contribution in [-0.2, 0) is 9.53 Å². The Morgan fingerprint density at radius 3 is 2.32 bits per heavy atom. The predicted molar refractivity (Wildman–Crippen MR) is 77.8 cm³/mol. The highest BCUT2D eigenvalue weighted by Gasteiger charge is 2.44. The summed E-state index contributed by atoms with van der Waals surface area (Å²) in [6, 6.07) is 0. The van der Waals surface area contributed by atoms with Gasteiger partial charge in [0, 0.05) is 6.42 Å². The number of hydrogen-bond donors (Lipinski definition) is 2. The topological polar surface area (TPSA) is 42.8 Å². The van der Waals surface area contributed by atoms with E-state index in [1.165, 1.54) is 0 Å². The van der Waals surface area contributed by atoms with Gasteiger partial charge in [-0.2, -0.15) is 0 Å². The normalized spacial score (nSPS) is 29.9. The van der Waals surface area contributed by atoms with Gasteiger partial charge in [0.05, 0.1) is 0 Å². The zero-order valence-electron chi connectivity index (χ0n) is 11.5. The number of carbonyl (C=O) groups is 1. The molecule has 1 saturated heterocycles. The van der Waals surface area contributed by atoms with Crippen molar-refractivity contribution in [1.29, 1.82) is 0 Å². The Hall–Kier alpha value is 0.260. The number of rotatable bonds is 4. The maximum absolute atomic E-state index is 11.8. The maximum Gasteiger partial charge on any atom is 0.262 e. The first-order valence-corrected chi connectivity index (χ1v) is 7.73.